The molecule has 3 heterocycles. The molecule has 1 atom stereocenters. The molecule has 7 nitrogen and oxygen atoms in total. The number of rotatable bonds is 6. The number of methoxy groups -OCH3 is 1. The van der Waals surface area contributed by atoms with E-state index in [2.05, 4.69) is 23.9 Å². The zero-order valence-electron chi connectivity index (χ0n) is 18.7. The van der Waals surface area contributed by atoms with Gasteiger partial charge in [0.15, 0.2) is 5.89 Å². The maximum atomic E-state index is 13.1. The number of carbonyl (C=O) groups is 1. The summed E-state index contributed by atoms with van der Waals surface area (Å²) in [5, 5.41) is 4.49. The normalized spacial score (nSPS) is 16.7. The SMILES string of the molecule is COc1ccc(Cc2cnc([C@@H]3CCCN(C(=O)c4cc(C(C)C)nn4C)C3)o2)cc1. The quantitative estimate of drug-likeness (QED) is 0.597. The number of hydrogen-bond donors (Lipinski definition) is 0. The first-order chi connectivity index (χ1) is 14.9. The Bertz CT molecular complexity index is 1040. The molecule has 0 saturated carbocycles. The number of nitrogens with zero attached hydrogens (tertiary/aromatic N) is 4. The van der Waals surface area contributed by atoms with Crippen molar-refractivity contribution in [2.75, 3.05) is 20.2 Å². The van der Waals surface area contributed by atoms with Crippen molar-refractivity contribution in [3.8, 4) is 5.75 Å². The van der Waals surface area contributed by atoms with Gasteiger partial charge < -0.3 is 14.1 Å². The standard InChI is InChI=1S/C24H30N4O3/c1-16(2)21-13-22(27(3)26-21)24(29)28-11-5-6-18(15-28)23-25-14-20(31-23)12-17-7-9-19(30-4)10-8-17/h7-10,13-14,16,18H,5-6,11-12,15H2,1-4H3/t18-/m1/s1. The van der Waals surface area contributed by atoms with Gasteiger partial charge in [0.25, 0.3) is 5.91 Å². The summed E-state index contributed by atoms with van der Waals surface area (Å²) in [5.74, 6) is 2.81. The van der Waals surface area contributed by atoms with E-state index in [1.807, 2.05) is 42.3 Å². The lowest BCUT2D eigenvalue weighted by atomic mass is 9.97. The molecule has 1 fully saturated rings. The Kier molecular flexibility index (Phi) is 6.11. The summed E-state index contributed by atoms with van der Waals surface area (Å²) in [6.07, 6.45) is 4.38. The van der Waals surface area contributed by atoms with Crippen LogP contribution in [0.15, 0.2) is 40.9 Å². The Hall–Kier alpha value is -3.09. The summed E-state index contributed by atoms with van der Waals surface area (Å²) < 4.78 is 13.0. The number of aromatic nitrogens is 3. The Morgan fingerprint density at radius 2 is 2.06 bits per heavy atom. The molecular weight excluding hydrogens is 392 g/mol. The molecule has 0 spiro atoms. The predicted molar refractivity (Wildman–Crippen MR) is 117 cm³/mol. The van der Waals surface area contributed by atoms with Gasteiger partial charge in [-0.3, -0.25) is 9.48 Å². The van der Waals surface area contributed by atoms with Crippen LogP contribution in [0.3, 0.4) is 0 Å². The first kappa shape index (κ1) is 21.2. The lowest BCUT2D eigenvalue weighted by molar-refractivity contribution is 0.0686. The minimum atomic E-state index is 0.0246. The minimum Gasteiger partial charge on any atom is -0.497 e. The highest BCUT2D eigenvalue weighted by atomic mass is 16.5. The highest BCUT2D eigenvalue weighted by Crippen LogP contribution is 2.28. The van der Waals surface area contributed by atoms with Crippen molar-refractivity contribution in [1.82, 2.24) is 19.7 Å². The fraction of sp³-hybridized carbons (Fsp3) is 0.458. The van der Waals surface area contributed by atoms with E-state index in [9.17, 15) is 4.79 Å². The van der Waals surface area contributed by atoms with Gasteiger partial charge in [-0.2, -0.15) is 5.10 Å². The fourth-order valence-corrected chi connectivity index (χ4v) is 4.03. The summed E-state index contributed by atoms with van der Waals surface area (Å²) in [5.41, 5.74) is 2.72. The molecule has 0 bridgehead atoms. The van der Waals surface area contributed by atoms with Crippen molar-refractivity contribution in [3.05, 3.63) is 65.1 Å². The predicted octanol–water partition coefficient (Wildman–Crippen LogP) is 4.15. The van der Waals surface area contributed by atoms with Gasteiger partial charge in [0.1, 0.15) is 17.2 Å². The summed E-state index contributed by atoms with van der Waals surface area (Å²) in [6.45, 7) is 5.53. The van der Waals surface area contributed by atoms with E-state index in [4.69, 9.17) is 9.15 Å². The van der Waals surface area contributed by atoms with Crippen LogP contribution in [0, 0.1) is 0 Å². The number of hydrogen-bond acceptors (Lipinski definition) is 5. The summed E-state index contributed by atoms with van der Waals surface area (Å²) in [6, 6.07) is 9.86. The van der Waals surface area contributed by atoms with Crippen molar-refractivity contribution < 1.29 is 13.9 Å². The van der Waals surface area contributed by atoms with E-state index in [0.717, 1.165) is 42.2 Å². The second-order valence-corrected chi connectivity index (χ2v) is 8.51. The highest BCUT2D eigenvalue weighted by Gasteiger charge is 2.30. The van der Waals surface area contributed by atoms with Crippen LogP contribution in [-0.2, 0) is 13.5 Å². The zero-order chi connectivity index (χ0) is 22.0. The molecule has 1 aliphatic heterocycles. The monoisotopic (exact) mass is 422 g/mol. The van der Waals surface area contributed by atoms with Crippen molar-refractivity contribution in [2.45, 2.75) is 44.9 Å². The molecule has 2 aromatic heterocycles. The molecule has 7 heteroatoms. The number of amides is 1. The lowest BCUT2D eigenvalue weighted by Crippen LogP contribution is -2.40. The second kappa shape index (κ2) is 8.96. The van der Waals surface area contributed by atoms with Crippen molar-refractivity contribution >= 4 is 5.91 Å². The Morgan fingerprint density at radius 1 is 1.29 bits per heavy atom. The van der Waals surface area contributed by atoms with Gasteiger partial charge in [0.2, 0.25) is 0 Å². The Labute approximate surface area is 183 Å². The topological polar surface area (TPSA) is 73.4 Å². The van der Waals surface area contributed by atoms with Crippen LogP contribution in [0.25, 0.3) is 0 Å². The van der Waals surface area contributed by atoms with Crippen LogP contribution in [0.4, 0.5) is 0 Å². The smallest absolute Gasteiger partial charge is 0.272 e. The van der Waals surface area contributed by atoms with Crippen LogP contribution in [0.1, 0.15) is 71.9 Å². The Balaban J connectivity index is 1.43. The second-order valence-electron chi connectivity index (χ2n) is 8.51. The van der Waals surface area contributed by atoms with Crippen LogP contribution >= 0.6 is 0 Å². The van der Waals surface area contributed by atoms with Crippen molar-refractivity contribution in [1.29, 1.82) is 0 Å². The number of piperidine rings is 1. The number of aryl methyl sites for hydroxylation is 1. The summed E-state index contributed by atoms with van der Waals surface area (Å²) >= 11 is 0. The van der Waals surface area contributed by atoms with Crippen LogP contribution in [0.5, 0.6) is 5.75 Å². The van der Waals surface area contributed by atoms with Gasteiger partial charge in [-0.05, 0) is 42.5 Å². The Morgan fingerprint density at radius 3 is 2.74 bits per heavy atom. The number of oxazole rings is 1. The fourth-order valence-electron chi connectivity index (χ4n) is 4.03. The van der Waals surface area contributed by atoms with Gasteiger partial charge >= 0.3 is 0 Å². The molecule has 0 aliphatic carbocycles. The summed E-state index contributed by atoms with van der Waals surface area (Å²) in [7, 11) is 3.49. The third-order valence-electron chi connectivity index (χ3n) is 5.88. The molecule has 0 radical (unpaired) electrons. The zero-order valence-corrected chi connectivity index (χ0v) is 18.7. The number of carbonyl (C=O) groups excluding carboxylic acids is 1. The molecule has 4 rings (SSSR count). The highest BCUT2D eigenvalue weighted by molar-refractivity contribution is 5.92. The molecule has 0 N–H and O–H groups in total. The molecule has 3 aromatic rings. The van der Waals surface area contributed by atoms with Crippen LogP contribution in [0.2, 0.25) is 0 Å². The van der Waals surface area contributed by atoms with Crippen molar-refractivity contribution in [2.24, 2.45) is 7.05 Å². The van der Waals surface area contributed by atoms with Crippen LogP contribution in [-0.4, -0.2) is 45.8 Å². The molecule has 0 unspecified atom stereocenters. The minimum absolute atomic E-state index is 0.0246. The van der Waals surface area contributed by atoms with Crippen LogP contribution < -0.4 is 4.74 Å². The van der Waals surface area contributed by atoms with Gasteiger partial charge in [0, 0.05) is 26.6 Å². The molecule has 164 valence electrons. The number of benzene rings is 1. The maximum absolute atomic E-state index is 13.1. The third-order valence-corrected chi connectivity index (χ3v) is 5.88. The molecular formula is C24H30N4O3. The number of ether oxygens (including phenoxy) is 1. The van der Waals surface area contributed by atoms with E-state index in [0.29, 0.717) is 30.5 Å². The number of likely N-dealkylation sites (tertiary alicyclic amines) is 1. The molecule has 1 aromatic carbocycles. The molecule has 31 heavy (non-hydrogen) atoms. The molecule has 1 aliphatic rings. The third kappa shape index (κ3) is 4.65. The van der Waals surface area contributed by atoms with E-state index < -0.39 is 0 Å². The average molecular weight is 423 g/mol. The average Bonchev–Trinajstić information content (AvgIpc) is 3.41. The van der Waals surface area contributed by atoms with E-state index in [1.54, 1.807) is 18.0 Å². The van der Waals surface area contributed by atoms with Gasteiger partial charge in [0.05, 0.1) is 24.9 Å². The largest absolute Gasteiger partial charge is 0.497 e. The van der Waals surface area contributed by atoms with Crippen molar-refractivity contribution in [3.63, 3.8) is 0 Å². The van der Waals surface area contributed by atoms with Gasteiger partial charge in [-0.25, -0.2) is 4.98 Å². The molecule has 1 amide bonds. The summed E-state index contributed by atoms with van der Waals surface area (Å²) in [4.78, 5) is 19.6. The van der Waals surface area contributed by atoms with E-state index >= 15 is 0 Å². The first-order valence-corrected chi connectivity index (χ1v) is 10.9. The van der Waals surface area contributed by atoms with Gasteiger partial charge in [-0.15, -0.1) is 0 Å². The lowest BCUT2D eigenvalue weighted by Gasteiger charge is -2.31. The first-order valence-electron chi connectivity index (χ1n) is 10.9. The maximum Gasteiger partial charge on any atom is 0.272 e. The van der Waals surface area contributed by atoms with Gasteiger partial charge in [-0.1, -0.05) is 26.0 Å². The van der Waals surface area contributed by atoms with E-state index in [1.165, 1.54) is 0 Å². The van der Waals surface area contributed by atoms with E-state index in [-0.39, 0.29) is 11.8 Å². The molecule has 1 saturated heterocycles.